The maximum atomic E-state index is 9.65. The van der Waals surface area contributed by atoms with Crippen LogP contribution in [0.2, 0.25) is 0 Å². The zero-order valence-corrected chi connectivity index (χ0v) is 7.13. The predicted octanol–water partition coefficient (Wildman–Crippen LogP) is 1.78. The fraction of sp³-hybridized carbons (Fsp3) is 0.556. The van der Waals surface area contributed by atoms with E-state index in [0.29, 0.717) is 0 Å². The van der Waals surface area contributed by atoms with Crippen LogP contribution in [0.3, 0.4) is 0 Å². The van der Waals surface area contributed by atoms with Crippen molar-refractivity contribution < 1.29 is 10.2 Å². The smallest absolute Gasteiger partial charge is 0.101 e. The van der Waals surface area contributed by atoms with Crippen molar-refractivity contribution in [2.24, 2.45) is 5.92 Å². The first-order valence-corrected chi connectivity index (χ1v) is 3.76. The Labute approximate surface area is 66.9 Å². The largest absolute Gasteiger partial charge is 0.512 e. The lowest BCUT2D eigenvalue weighted by molar-refractivity contribution is 0.0483. The molecule has 0 spiro atoms. The Bertz CT molecular complexity index is 224. The van der Waals surface area contributed by atoms with Gasteiger partial charge in [0.25, 0.3) is 0 Å². The first-order valence-electron chi connectivity index (χ1n) is 3.76. The summed E-state index contributed by atoms with van der Waals surface area (Å²) >= 11 is 0. The van der Waals surface area contributed by atoms with Crippen LogP contribution in [0.25, 0.3) is 0 Å². The van der Waals surface area contributed by atoms with Gasteiger partial charge in [0.15, 0.2) is 0 Å². The molecule has 2 unspecified atom stereocenters. The van der Waals surface area contributed by atoms with Gasteiger partial charge in [-0.2, -0.15) is 0 Å². The lowest BCUT2D eigenvalue weighted by Gasteiger charge is -2.30. The zero-order valence-electron chi connectivity index (χ0n) is 7.13. The number of aliphatic hydroxyl groups is 2. The maximum Gasteiger partial charge on any atom is 0.101 e. The Kier molecular flexibility index (Phi) is 1.80. The monoisotopic (exact) mass is 154 g/mol. The van der Waals surface area contributed by atoms with Crippen LogP contribution >= 0.6 is 0 Å². The molecule has 2 nitrogen and oxygen atoms in total. The quantitative estimate of drug-likeness (QED) is 0.558. The van der Waals surface area contributed by atoms with E-state index in [4.69, 9.17) is 0 Å². The van der Waals surface area contributed by atoms with E-state index in [2.05, 4.69) is 0 Å². The first-order chi connectivity index (χ1) is 4.95. The van der Waals surface area contributed by atoms with Gasteiger partial charge in [-0.05, 0) is 19.4 Å². The topological polar surface area (TPSA) is 40.5 Å². The number of hydrogen-bond donors (Lipinski definition) is 2. The van der Waals surface area contributed by atoms with Crippen molar-refractivity contribution in [2.75, 3.05) is 0 Å². The normalized spacial score (nSPS) is 38.0. The highest BCUT2D eigenvalue weighted by atomic mass is 16.3. The minimum atomic E-state index is -0.899. The molecule has 0 heterocycles. The Hall–Kier alpha value is -0.760. The van der Waals surface area contributed by atoms with Gasteiger partial charge in [0.05, 0.1) is 5.60 Å². The van der Waals surface area contributed by atoms with Crippen molar-refractivity contribution in [3.05, 3.63) is 23.5 Å². The van der Waals surface area contributed by atoms with Crippen molar-refractivity contribution >= 4 is 0 Å². The van der Waals surface area contributed by atoms with Crippen molar-refractivity contribution in [2.45, 2.75) is 26.4 Å². The van der Waals surface area contributed by atoms with E-state index >= 15 is 0 Å². The number of rotatable bonds is 0. The summed E-state index contributed by atoms with van der Waals surface area (Å²) in [7, 11) is 0. The van der Waals surface area contributed by atoms with Gasteiger partial charge >= 0.3 is 0 Å². The molecule has 11 heavy (non-hydrogen) atoms. The van der Waals surface area contributed by atoms with Gasteiger partial charge in [-0.1, -0.05) is 19.1 Å². The molecule has 1 rings (SSSR count). The first kappa shape index (κ1) is 8.34. The van der Waals surface area contributed by atoms with E-state index in [1.807, 2.05) is 13.8 Å². The third-order valence-electron chi connectivity index (χ3n) is 2.36. The van der Waals surface area contributed by atoms with Crippen molar-refractivity contribution in [1.82, 2.24) is 0 Å². The van der Waals surface area contributed by atoms with E-state index in [0.717, 1.165) is 5.57 Å². The van der Waals surface area contributed by atoms with E-state index in [9.17, 15) is 10.2 Å². The number of allylic oxidation sites excluding steroid dienone is 2. The van der Waals surface area contributed by atoms with Gasteiger partial charge in [0, 0.05) is 5.92 Å². The van der Waals surface area contributed by atoms with E-state index in [-0.39, 0.29) is 11.7 Å². The van der Waals surface area contributed by atoms with Crippen LogP contribution in [-0.2, 0) is 0 Å². The molecule has 2 heteroatoms. The van der Waals surface area contributed by atoms with Crippen LogP contribution in [0.1, 0.15) is 20.8 Å². The zero-order chi connectivity index (χ0) is 8.65. The van der Waals surface area contributed by atoms with Crippen molar-refractivity contribution in [3.8, 4) is 0 Å². The van der Waals surface area contributed by atoms with Gasteiger partial charge in [0.1, 0.15) is 5.76 Å². The minimum Gasteiger partial charge on any atom is -0.512 e. The highest BCUT2D eigenvalue weighted by Crippen LogP contribution is 2.30. The fourth-order valence-electron chi connectivity index (χ4n) is 1.14. The summed E-state index contributed by atoms with van der Waals surface area (Å²) in [6, 6.07) is 0. The Balaban J connectivity index is 3.01. The molecule has 0 bridgehead atoms. The molecule has 0 aromatic rings. The molecular formula is C9H14O2. The van der Waals surface area contributed by atoms with Crippen LogP contribution in [0.5, 0.6) is 0 Å². The molecule has 0 amide bonds. The molecule has 1 aliphatic rings. The molecule has 0 aromatic carbocycles. The Morgan fingerprint density at radius 2 is 2.09 bits per heavy atom. The fourth-order valence-corrected chi connectivity index (χ4v) is 1.14. The Morgan fingerprint density at radius 3 is 2.55 bits per heavy atom. The van der Waals surface area contributed by atoms with Crippen LogP contribution in [0.15, 0.2) is 23.5 Å². The highest BCUT2D eigenvalue weighted by molar-refractivity contribution is 5.30. The molecule has 62 valence electrons. The number of aliphatic hydroxyl groups excluding tert-OH is 1. The highest BCUT2D eigenvalue weighted by Gasteiger charge is 2.31. The van der Waals surface area contributed by atoms with Crippen LogP contribution in [-0.4, -0.2) is 15.8 Å². The molecule has 0 saturated carbocycles. The second-order valence-corrected chi connectivity index (χ2v) is 3.35. The van der Waals surface area contributed by atoms with Crippen LogP contribution in [0.4, 0.5) is 0 Å². The van der Waals surface area contributed by atoms with Gasteiger partial charge in [-0.3, -0.25) is 0 Å². The summed E-state index contributed by atoms with van der Waals surface area (Å²) in [6.07, 6.45) is 3.46. The standard InChI is InChI=1S/C9H14O2/c1-6-4-5-9(3,11)7(2)8(6)10/h4-5,7,10-11H,1-3H3. The third-order valence-corrected chi connectivity index (χ3v) is 2.36. The minimum absolute atomic E-state index is 0.201. The molecule has 2 atom stereocenters. The van der Waals surface area contributed by atoms with Gasteiger partial charge in [-0.25, -0.2) is 0 Å². The predicted molar refractivity (Wildman–Crippen MR) is 44.3 cm³/mol. The molecule has 0 aliphatic heterocycles. The summed E-state index contributed by atoms with van der Waals surface area (Å²) in [5.74, 6) is 0.0880. The summed E-state index contributed by atoms with van der Waals surface area (Å²) < 4.78 is 0. The Morgan fingerprint density at radius 1 is 1.55 bits per heavy atom. The maximum absolute atomic E-state index is 9.65. The molecule has 1 aliphatic carbocycles. The van der Waals surface area contributed by atoms with E-state index in [1.165, 1.54) is 0 Å². The van der Waals surface area contributed by atoms with E-state index < -0.39 is 5.60 Å². The van der Waals surface area contributed by atoms with Gasteiger partial charge in [0.2, 0.25) is 0 Å². The summed E-state index contributed by atoms with van der Waals surface area (Å²) in [5, 5.41) is 19.1. The number of hydrogen-bond acceptors (Lipinski definition) is 2. The van der Waals surface area contributed by atoms with Crippen molar-refractivity contribution in [3.63, 3.8) is 0 Å². The molecular weight excluding hydrogens is 140 g/mol. The molecule has 0 fully saturated rings. The van der Waals surface area contributed by atoms with E-state index in [1.54, 1.807) is 19.1 Å². The molecule has 0 aromatic heterocycles. The molecule has 2 N–H and O–H groups in total. The summed E-state index contributed by atoms with van der Waals surface area (Å²) in [4.78, 5) is 0. The van der Waals surface area contributed by atoms with Crippen molar-refractivity contribution in [1.29, 1.82) is 0 Å². The molecule has 0 saturated heterocycles. The lowest BCUT2D eigenvalue weighted by atomic mass is 9.83. The lowest BCUT2D eigenvalue weighted by Crippen LogP contribution is -2.33. The SMILES string of the molecule is CC1=C(O)C(C)C(C)(O)C=C1. The second kappa shape index (κ2) is 2.38. The van der Waals surface area contributed by atoms with Crippen LogP contribution < -0.4 is 0 Å². The van der Waals surface area contributed by atoms with Crippen LogP contribution in [0, 0.1) is 5.92 Å². The van der Waals surface area contributed by atoms with Gasteiger partial charge in [-0.15, -0.1) is 0 Å². The average Bonchev–Trinajstić information content (AvgIpc) is 1.95. The summed E-state index contributed by atoms with van der Waals surface area (Å²) in [6.45, 7) is 5.33. The molecule has 0 radical (unpaired) electrons. The summed E-state index contributed by atoms with van der Waals surface area (Å²) in [5.41, 5.74) is -0.0622. The average molecular weight is 154 g/mol. The second-order valence-electron chi connectivity index (χ2n) is 3.35. The third kappa shape index (κ3) is 1.31. The van der Waals surface area contributed by atoms with Gasteiger partial charge < -0.3 is 10.2 Å².